The summed E-state index contributed by atoms with van der Waals surface area (Å²) in [6.07, 6.45) is -0.628. The molecule has 0 saturated heterocycles. The molecule has 1 unspecified atom stereocenters. The topological polar surface area (TPSA) is 43.8 Å². The molecular weight excluding hydrogens is 243 g/mol. The number of hydrogen-bond donors (Lipinski definition) is 1. The second kappa shape index (κ2) is 4.26. The molecule has 18 heavy (non-hydrogen) atoms. The molecule has 2 N–H and O–H groups in total. The lowest BCUT2D eigenvalue weighted by Gasteiger charge is -2.25. The highest BCUT2D eigenvalue weighted by molar-refractivity contribution is 5.16. The Morgan fingerprint density at radius 1 is 1.44 bits per heavy atom. The Labute approximate surface area is 104 Å². The van der Waals surface area contributed by atoms with E-state index in [9.17, 15) is 13.2 Å². The van der Waals surface area contributed by atoms with Crippen molar-refractivity contribution in [2.75, 3.05) is 0 Å². The van der Waals surface area contributed by atoms with Crippen molar-refractivity contribution in [2.24, 2.45) is 11.7 Å². The zero-order valence-corrected chi connectivity index (χ0v) is 10.5. The molecule has 1 heterocycles. The van der Waals surface area contributed by atoms with Crippen molar-refractivity contribution in [1.29, 1.82) is 0 Å². The van der Waals surface area contributed by atoms with Crippen molar-refractivity contribution in [1.82, 2.24) is 9.55 Å². The van der Waals surface area contributed by atoms with E-state index >= 15 is 0 Å². The van der Waals surface area contributed by atoms with Gasteiger partial charge in [-0.1, -0.05) is 13.8 Å². The fraction of sp³-hybridized carbons (Fsp3) is 0.750. The van der Waals surface area contributed by atoms with Gasteiger partial charge in [0.05, 0.1) is 12.0 Å². The number of rotatable bonds is 4. The van der Waals surface area contributed by atoms with Crippen molar-refractivity contribution in [3.63, 3.8) is 0 Å². The minimum atomic E-state index is -4.24. The normalized spacial score (nSPS) is 20.2. The molecule has 1 aliphatic carbocycles. The van der Waals surface area contributed by atoms with Crippen molar-refractivity contribution in [3.05, 3.63) is 18.2 Å². The van der Waals surface area contributed by atoms with E-state index in [0.717, 1.165) is 0 Å². The summed E-state index contributed by atoms with van der Waals surface area (Å²) in [5, 5.41) is 0. The van der Waals surface area contributed by atoms with Crippen LogP contribution >= 0.6 is 0 Å². The van der Waals surface area contributed by atoms with Crippen molar-refractivity contribution in [3.8, 4) is 0 Å². The minimum absolute atomic E-state index is 0.119. The van der Waals surface area contributed by atoms with Crippen LogP contribution in [0.5, 0.6) is 0 Å². The smallest absolute Gasteiger partial charge is 0.323 e. The fourth-order valence-corrected chi connectivity index (χ4v) is 2.35. The molecule has 3 nitrogen and oxygen atoms in total. The van der Waals surface area contributed by atoms with Gasteiger partial charge in [-0.05, 0) is 25.2 Å². The molecule has 0 aliphatic heterocycles. The zero-order chi connectivity index (χ0) is 13.6. The van der Waals surface area contributed by atoms with Gasteiger partial charge in [0.25, 0.3) is 0 Å². The average molecular weight is 261 g/mol. The molecule has 1 atom stereocenters. The maximum absolute atomic E-state index is 13.1. The van der Waals surface area contributed by atoms with Crippen LogP contribution in [0.3, 0.4) is 0 Å². The number of nitrogens with two attached hydrogens (primary N) is 1. The Morgan fingerprint density at radius 3 is 2.50 bits per heavy atom. The Morgan fingerprint density at radius 2 is 2.06 bits per heavy atom. The lowest BCUT2D eigenvalue weighted by molar-refractivity contribution is -0.180. The maximum atomic E-state index is 13.1. The lowest BCUT2D eigenvalue weighted by Crippen LogP contribution is -2.36. The third kappa shape index (κ3) is 2.13. The van der Waals surface area contributed by atoms with Crippen LogP contribution in [0.2, 0.25) is 0 Å². The van der Waals surface area contributed by atoms with E-state index in [2.05, 4.69) is 4.98 Å². The predicted octanol–water partition coefficient (Wildman–Crippen LogP) is 2.98. The Balaban J connectivity index is 2.29. The standard InChI is InChI=1S/C12H18F3N3/c1-8(2)5-9(16)10-6-17-7-18(10)11(3-4-11)12(13,14)15/h6-9H,3-5,16H2,1-2H3. The SMILES string of the molecule is CC(C)CC(N)c1cncn1C1(C(F)(F)F)CC1. The van der Waals surface area contributed by atoms with Crippen LogP contribution in [0.25, 0.3) is 0 Å². The number of hydrogen-bond acceptors (Lipinski definition) is 2. The molecule has 6 heteroatoms. The van der Waals surface area contributed by atoms with Gasteiger partial charge in [0.2, 0.25) is 0 Å². The van der Waals surface area contributed by atoms with Crippen molar-refractivity contribution >= 4 is 0 Å². The summed E-state index contributed by atoms with van der Waals surface area (Å²) in [5.74, 6) is 0.337. The molecule has 1 aliphatic rings. The quantitative estimate of drug-likeness (QED) is 0.905. The van der Waals surface area contributed by atoms with Crippen LogP contribution in [0.1, 0.15) is 44.8 Å². The van der Waals surface area contributed by atoms with Crippen molar-refractivity contribution < 1.29 is 13.2 Å². The Hall–Kier alpha value is -1.04. The third-order valence-corrected chi connectivity index (χ3v) is 3.48. The molecular formula is C12H18F3N3. The highest BCUT2D eigenvalue weighted by atomic mass is 19.4. The van der Waals surface area contributed by atoms with E-state index in [0.29, 0.717) is 18.0 Å². The Kier molecular flexibility index (Phi) is 3.17. The van der Waals surface area contributed by atoms with Gasteiger partial charge in [0.1, 0.15) is 5.54 Å². The second-order valence-corrected chi connectivity index (χ2v) is 5.45. The van der Waals surface area contributed by atoms with Gasteiger partial charge in [-0.3, -0.25) is 0 Å². The molecule has 102 valence electrons. The van der Waals surface area contributed by atoms with Crippen LogP contribution in [0, 0.1) is 5.92 Å². The summed E-state index contributed by atoms with van der Waals surface area (Å²) in [7, 11) is 0. The lowest BCUT2D eigenvalue weighted by atomic mass is 10.0. The first-order valence-corrected chi connectivity index (χ1v) is 6.13. The number of alkyl halides is 3. The summed E-state index contributed by atoms with van der Waals surface area (Å²) >= 11 is 0. The first-order valence-electron chi connectivity index (χ1n) is 6.13. The Bertz CT molecular complexity index is 418. The number of nitrogens with zero attached hydrogens (tertiary/aromatic N) is 2. The molecule has 1 aromatic rings. The van der Waals surface area contributed by atoms with E-state index in [1.54, 1.807) is 0 Å². The first-order chi connectivity index (χ1) is 8.28. The molecule has 0 amide bonds. The summed E-state index contributed by atoms with van der Waals surface area (Å²) < 4.78 is 40.5. The number of halogens is 3. The molecule has 2 rings (SSSR count). The van der Waals surface area contributed by atoms with Gasteiger partial charge in [-0.25, -0.2) is 4.98 Å². The van der Waals surface area contributed by atoms with Crippen molar-refractivity contribution in [2.45, 2.75) is 50.9 Å². The van der Waals surface area contributed by atoms with Gasteiger partial charge in [0, 0.05) is 12.2 Å². The van der Waals surface area contributed by atoms with Gasteiger partial charge in [0.15, 0.2) is 0 Å². The van der Waals surface area contributed by atoms with Gasteiger partial charge in [-0.15, -0.1) is 0 Å². The monoisotopic (exact) mass is 261 g/mol. The van der Waals surface area contributed by atoms with E-state index in [4.69, 9.17) is 5.73 Å². The van der Waals surface area contributed by atoms with Crippen LogP contribution in [0.15, 0.2) is 12.5 Å². The molecule has 1 aromatic heterocycles. The molecule has 1 fully saturated rings. The predicted molar refractivity (Wildman–Crippen MR) is 61.9 cm³/mol. The number of imidazole rings is 1. The largest absolute Gasteiger partial charge is 0.411 e. The maximum Gasteiger partial charge on any atom is 0.411 e. The van der Waals surface area contributed by atoms with Gasteiger partial charge in [-0.2, -0.15) is 13.2 Å². The van der Waals surface area contributed by atoms with Crippen LogP contribution in [0.4, 0.5) is 13.2 Å². The highest BCUT2D eigenvalue weighted by Gasteiger charge is 2.65. The highest BCUT2D eigenvalue weighted by Crippen LogP contribution is 2.56. The van der Waals surface area contributed by atoms with Gasteiger partial charge < -0.3 is 10.3 Å². The molecule has 0 spiro atoms. The van der Waals surface area contributed by atoms with E-state index in [-0.39, 0.29) is 12.8 Å². The molecule has 1 saturated carbocycles. The molecule has 0 aromatic carbocycles. The summed E-state index contributed by atoms with van der Waals surface area (Å²) in [4.78, 5) is 3.85. The second-order valence-electron chi connectivity index (χ2n) is 5.45. The molecule has 0 radical (unpaired) electrons. The summed E-state index contributed by atoms with van der Waals surface area (Å²) in [5.41, 5.74) is 4.71. The summed E-state index contributed by atoms with van der Waals surface area (Å²) in [6, 6.07) is -0.396. The van der Waals surface area contributed by atoms with E-state index < -0.39 is 17.8 Å². The first kappa shape index (κ1) is 13.4. The van der Waals surface area contributed by atoms with E-state index in [1.165, 1.54) is 17.1 Å². The summed E-state index contributed by atoms with van der Waals surface area (Å²) in [6.45, 7) is 3.99. The van der Waals surface area contributed by atoms with Gasteiger partial charge >= 0.3 is 6.18 Å². The van der Waals surface area contributed by atoms with Crippen LogP contribution in [-0.2, 0) is 5.54 Å². The average Bonchev–Trinajstić information content (AvgIpc) is 2.89. The van der Waals surface area contributed by atoms with Crippen LogP contribution < -0.4 is 5.73 Å². The molecule has 0 bridgehead atoms. The minimum Gasteiger partial charge on any atom is -0.323 e. The zero-order valence-electron chi connectivity index (χ0n) is 10.5. The fourth-order valence-electron chi connectivity index (χ4n) is 2.35. The third-order valence-electron chi connectivity index (χ3n) is 3.48. The van der Waals surface area contributed by atoms with Crippen LogP contribution in [-0.4, -0.2) is 15.7 Å². The number of aromatic nitrogens is 2. The van der Waals surface area contributed by atoms with E-state index in [1.807, 2.05) is 13.8 Å².